The Morgan fingerprint density at radius 3 is 2.57 bits per heavy atom. The number of hydrogen-bond acceptors (Lipinski definition) is 3. The Morgan fingerprint density at radius 2 is 2.00 bits per heavy atom. The fourth-order valence-corrected chi connectivity index (χ4v) is 2.55. The number of alkyl halides is 3. The number of rotatable bonds is 3. The molecule has 0 aromatic heterocycles. The SMILES string of the molecule is O=C(CNc1ccc(C(F)(F)F)cc1Br)N1CCNCC1. The van der Waals surface area contributed by atoms with E-state index < -0.39 is 11.7 Å². The molecule has 0 spiro atoms. The van der Waals surface area contributed by atoms with Crippen LogP contribution in [-0.4, -0.2) is 43.5 Å². The molecule has 0 bridgehead atoms. The van der Waals surface area contributed by atoms with Crippen molar-refractivity contribution in [3.8, 4) is 0 Å². The minimum Gasteiger partial charge on any atom is -0.375 e. The number of nitrogens with one attached hydrogen (secondary N) is 2. The summed E-state index contributed by atoms with van der Waals surface area (Å²) in [6.45, 7) is 2.87. The molecule has 1 saturated heterocycles. The Balaban J connectivity index is 1.95. The molecule has 1 aliphatic heterocycles. The smallest absolute Gasteiger partial charge is 0.375 e. The summed E-state index contributed by atoms with van der Waals surface area (Å²) in [6, 6.07) is 3.30. The van der Waals surface area contributed by atoms with Crippen LogP contribution in [0.15, 0.2) is 22.7 Å². The van der Waals surface area contributed by atoms with E-state index in [1.54, 1.807) is 4.90 Å². The Bertz CT molecular complexity index is 516. The van der Waals surface area contributed by atoms with Crippen LogP contribution in [0, 0.1) is 0 Å². The number of anilines is 1. The van der Waals surface area contributed by atoms with Gasteiger partial charge in [0.25, 0.3) is 0 Å². The zero-order valence-electron chi connectivity index (χ0n) is 11.1. The number of carbonyl (C=O) groups excluding carboxylic acids is 1. The van der Waals surface area contributed by atoms with Crippen LogP contribution in [0.25, 0.3) is 0 Å². The first-order chi connectivity index (χ1) is 9.88. The number of piperazine rings is 1. The first-order valence-corrected chi connectivity index (χ1v) is 7.26. The number of benzene rings is 1. The maximum absolute atomic E-state index is 12.5. The fourth-order valence-electron chi connectivity index (χ4n) is 2.03. The van der Waals surface area contributed by atoms with Gasteiger partial charge in [-0.15, -0.1) is 0 Å². The van der Waals surface area contributed by atoms with Crippen molar-refractivity contribution >= 4 is 27.5 Å². The van der Waals surface area contributed by atoms with Crippen LogP contribution >= 0.6 is 15.9 Å². The molecule has 21 heavy (non-hydrogen) atoms. The van der Waals surface area contributed by atoms with Crippen molar-refractivity contribution in [2.24, 2.45) is 0 Å². The highest BCUT2D eigenvalue weighted by atomic mass is 79.9. The van der Waals surface area contributed by atoms with Gasteiger partial charge in [0.15, 0.2) is 0 Å². The van der Waals surface area contributed by atoms with Gasteiger partial charge in [-0.05, 0) is 34.1 Å². The summed E-state index contributed by atoms with van der Waals surface area (Å²) < 4.78 is 37.9. The summed E-state index contributed by atoms with van der Waals surface area (Å²) in [7, 11) is 0. The summed E-state index contributed by atoms with van der Waals surface area (Å²) in [5.41, 5.74) is -0.264. The van der Waals surface area contributed by atoms with Crippen molar-refractivity contribution in [1.82, 2.24) is 10.2 Å². The van der Waals surface area contributed by atoms with Crippen LogP contribution < -0.4 is 10.6 Å². The quantitative estimate of drug-likeness (QED) is 0.863. The molecule has 0 radical (unpaired) electrons. The van der Waals surface area contributed by atoms with Gasteiger partial charge < -0.3 is 15.5 Å². The van der Waals surface area contributed by atoms with Gasteiger partial charge in [0.1, 0.15) is 0 Å². The Kier molecular flexibility index (Phi) is 5.10. The van der Waals surface area contributed by atoms with Crippen LogP contribution in [0.5, 0.6) is 0 Å². The third kappa shape index (κ3) is 4.34. The monoisotopic (exact) mass is 365 g/mol. The molecule has 0 saturated carbocycles. The molecule has 8 heteroatoms. The van der Waals surface area contributed by atoms with E-state index in [1.807, 2.05) is 0 Å². The lowest BCUT2D eigenvalue weighted by Gasteiger charge is -2.27. The summed E-state index contributed by atoms with van der Waals surface area (Å²) in [4.78, 5) is 13.7. The summed E-state index contributed by atoms with van der Waals surface area (Å²) in [5, 5.41) is 6.01. The minimum atomic E-state index is -4.38. The van der Waals surface area contributed by atoms with Gasteiger partial charge in [-0.3, -0.25) is 4.79 Å². The first kappa shape index (κ1) is 16.1. The third-order valence-electron chi connectivity index (χ3n) is 3.20. The van der Waals surface area contributed by atoms with Crippen molar-refractivity contribution < 1.29 is 18.0 Å². The molecule has 1 aliphatic rings. The van der Waals surface area contributed by atoms with Crippen molar-refractivity contribution in [3.05, 3.63) is 28.2 Å². The lowest BCUT2D eigenvalue weighted by Crippen LogP contribution is -2.48. The average molecular weight is 366 g/mol. The van der Waals surface area contributed by atoms with Gasteiger partial charge in [-0.1, -0.05) is 0 Å². The maximum Gasteiger partial charge on any atom is 0.416 e. The topological polar surface area (TPSA) is 44.4 Å². The molecule has 0 unspecified atom stereocenters. The van der Waals surface area contributed by atoms with Crippen molar-refractivity contribution in [1.29, 1.82) is 0 Å². The molecule has 0 aliphatic carbocycles. The minimum absolute atomic E-state index is 0.0595. The van der Waals surface area contributed by atoms with E-state index in [1.165, 1.54) is 6.07 Å². The number of halogens is 4. The molecular formula is C13H15BrF3N3O. The van der Waals surface area contributed by atoms with E-state index in [2.05, 4.69) is 26.6 Å². The van der Waals surface area contributed by atoms with Crippen LogP contribution in [0.3, 0.4) is 0 Å². The summed E-state index contributed by atoms with van der Waals surface area (Å²) >= 11 is 3.09. The molecule has 1 amide bonds. The van der Waals surface area contributed by atoms with Gasteiger partial charge >= 0.3 is 6.18 Å². The van der Waals surface area contributed by atoms with E-state index in [-0.39, 0.29) is 16.9 Å². The summed E-state index contributed by atoms with van der Waals surface area (Å²) in [5.74, 6) is -0.0664. The average Bonchev–Trinajstić information content (AvgIpc) is 2.45. The lowest BCUT2D eigenvalue weighted by molar-refractivity contribution is -0.137. The molecule has 1 heterocycles. The van der Waals surface area contributed by atoms with Crippen molar-refractivity contribution in [2.45, 2.75) is 6.18 Å². The third-order valence-corrected chi connectivity index (χ3v) is 3.85. The highest BCUT2D eigenvalue weighted by molar-refractivity contribution is 9.10. The predicted octanol–water partition coefficient (Wildman–Crippen LogP) is 2.31. The zero-order valence-corrected chi connectivity index (χ0v) is 12.7. The normalized spacial score (nSPS) is 15.9. The Morgan fingerprint density at radius 1 is 1.33 bits per heavy atom. The number of amides is 1. The van der Waals surface area contributed by atoms with E-state index in [9.17, 15) is 18.0 Å². The van der Waals surface area contributed by atoms with E-state index in [0.717, 1.165) is 25.2 Å². The molecule has 2 N–H and O–H groups in total. The van der Waals surface area contributed by atoms with E-state index >= 15 is 0 Å². The number of hydrogen-bond donors (Lipinski definition) is 2. The van der Waals surface area contributed by atoms with Crippen molar-refractivity contribution in [3.63, 3.8) is 0 Å². The second-order valence-corrected chi connectivity index (χ2v) is 5.53. The fraction of sp³-hybridized carbons (Fsp3) is 0.462. The van der Waals surface area contributed by atoms with E-state index in [4.69, 9.17) is 0 Å². The molecule has 0 atom stereocenters. The van der Waals surface area contributed by atoms with Crippen LogP contribution in [0.4, 0.5) is 18.9 Å². The first-order valence-electron chi connectivity index (χ1n) is 6.47. The highest BCUT2D eigenvalue weighted by Crippen LogP contribution is 2.33. The molecular weight excluding hydrogens is 351 g/mol. The number of nitrogens with zero attached hydrogens (tertiary/aromatic N) is 1. The molecule has 116 valence electrons. The van der Waals surface area contributed by atoms with Gasteiger partial charge in [-0.2, -0.15) is 13.2 Å². The maximum atomic E-state index is 12.5. The second-order valence-electron chi connectivity index (χ2n) is 4.68. The van der Waals surface area contributed by atoms with Gasteiger partial charge in [0.2, 0.25) is 5.91 Å². The molecule has 1 aromatic carbocycles. The van der Waals surface area contributed by atoms with Gasteiger partial charge in [0.05, 0.1) is 12.1 Å². The predicted molar refractivity (Wildman–Crippen MR) is 77.1 cm³/mol. The molecule has 1 fully saturated rings. The standard InChI is InChI=1S/C13H15BrF3N3O/c14-10-7-9(13(15,16)17)1-2-11(10)19-8-12(21)20-5-3-18-4-6-20/h1-2,7,18-19H,3-6,8H2. The Hall–Kier alpha value is -1.28. The second kappa shape index (κ2) is 6.65. The molecule has 4 nitrogen and oxygen atoms in total. The van der Waals surface area contributed by atoms with Gasteiger partial charge in [0, 0.05) is 36.3 Å². The Labute approximate surface area is 128 Å². The van der Waals surface area contributed by atoms with Crippen LogP contribution in [0.2, 0.25) is 0 Å². The van der Waals surface area contributed by atoms with E-state index in [0.29, 0.717) is 18.8 Å². The largest absolute Gasteiger partial charge is 0.416 e. The van der Waals surface area contributed by atoms with Crippen molar-refractivity contribution in [2.75, 3.05) is 38.0 Å². The molecule has 1 aromatic rings. The van der Waals surface area contributed by atoms with Gasteiger partial charge in [-0.25, -0.2) is 0 Å². The van der Waals surface area contributed by atoms with Crippen LogP contribution in [-0.2, 0) is 11.0 Å². The summed E-state index contributed by atoms with van der Waals surface area (Å²) in [6.07, 6.45) is -4.38. The zero-order chi connectivity index (χ0) is 15.5. The highest BCUT2D eigenvalue weighted by Gasteiger charge is 2.30. The molecule has 2 rings (SSSR count). The lowest BCUT2D eigenvalue weighted by atomic mass is 10.2. The van der Waals surface area contributed by atoms with Crippen LogP contribution in [0.1, 0.15) is 5.56 Å². The number of carbonyl (C=O) groups is 1.